The zero-order valence-electron chi connectivity index (χ0n) is 13.2. The average Bonchev–Trinajstić information content (AvgIpc) is 2.93. The summed E-state index contributed by atoms with van der Waals surface area (Å²) in [7, 11) is 1.51. The van der Waals surface area contributed by atoms with E-state index in [0.717, 1.165) is 4.47 Å². The molecule has 2 N–H and O–H groups in total. The second-order valence-electron chi connectivity index (χ2n) is 5.05. The molecule has 1 amide bonds. The molecule has 0 aliphatic heterocycles. The quantitative estimate of drug-likeness (QED) is 0.619. The van der Waals surface area contributed by atoms with Gasteiger partial charge < -0.3 is 19.6 Å². The Morgan fingerprint density at radius 3 is 2.84 bits per heavy atom. The van der Waals surface area contributed by atoms with E-state index in [4.69, 9.17) is 9.47 Å². The van der Waals surface area contributed by atoms with Crippen molar-refractivity contribution in [1.29, 1.82) is 0 Å². The second-order valence-corrected chi connectivity index (χ2v) is 5.96. The number of amides is 1. The number of halogens is 1. The second kappa shape index (κ2) is 7.35. The lowest BCUT2D eigenvalue weighted by Gasteiger charge is -2.09. The standard InChI is InChI=1S/C17H14BrN3O4/c1-24-14-8-10(18)6-7-13(14)25-9-15(22)20-21-16-11-4-2-3-5-12(11)19-17(16)23/h2-8,19,23H,9H2,1H3. The van der Waals surface area contributed by atoms with E-state index in [0.29, 0.717) is 22.4 Å². The number of aromatic nitrogens is 1. The number of hydrogen-bond acceptors (Lipinski definition) is 5. The summed E-state index contributed by atoms with van der Waals surface area (Å²) in [5, 5.41) is 18.0. The number of aromatic amines is 1. The van der Waals surface area contributed by atoms with E-state index in [9.17, 15) is 9.90 Å². The Labute approximate surface area is 151 Å². The van der Waals surface area contributed by atoms with Gasteiger partial charge in [0.25, 0.3) is 0 Å². The van der Waals surface area contributed by atoms with Crippen LogP contribution in [0.1, 0.15) is 0 Å². The summed E-state index contributed by atoms with van der Waals surface area (Å²) in [5.74, 6) is 0.181. The van der Waals surface area contributed by atoms with Gasteiger partial charge in [-0.05, 0) is 24.3 Å². The van der Waals surface area contributed by atoms with Crippen molar-refractivity contribution in [3.05, 3.63) is 46.9 Å². The molecule has 0 saturated carbocycles. The lowest BCUT2D eigenvalue weighted by Crippen LogP contribution is -2.08. The van der Waals surface area contributed by atoms with Crippen molar-refractivity contribution in [2.45, 2.75) is 0 Å². The summed E-state index contributed by atoms with van der Waals surface area (Å²) in [4.78, 5) is 14.7. The molecule has 0 unspecified atom stereocenters. The largest absolute Gasteiger partial charge is 0.493 e. The topological polar surface area (TPSA) is 96.3 Å². The Balaban J connectivity index is 1.70. The number of benzene rings is 2. The average molecular weight is 404 g/mol. The number of methoxy groups -OCH3 is 1. The molecule has 8 heteroatoms. The van der Waals surface area contributed by atoms with Gasteiger partial charge in [-0.3, -0.25) is 4.79 Å². The minimum absolute atomic E-state index is 0.145. The smallest absolute Gasteiger partial charge is 0.302 e. The third kappa shape index (κ3) is 3.80. The molecule has 128 valence electrons. The van der Waals surface area contributed by atoms with E-state index in [-0.39, 0.29) is 18.2 Å². The molecular weight excluding hydrogens is 390 g/mol. The Kier molecular flexibility index (Phi) is 4.99. The predicted molar refractivity (Wildman–Crippen MR) is 95.7 cm³/mol. The highest BCUT2D eigenvalue weighted by atomic mass is 79.9. The van der Waals surface area contributed by atoms with E-state index in [1.54, 1.807) is 36.4 Å². The van der Waals surface area contributed by atoms with Gasteiger partial charge in [0.2, 0.25) is 5.88 Å². The number of hydrogen-bond donors (Lipinski definition) is 2. The first-order valence-electron chi connectivity index (χ1n) is 7.29. The number of nitrogens with zero attached hydrogens (tertiary/aromatic N) is 2. The molecule has 3 rings (SSSR count). The molecule has 0 saturated heterocycles. The Morgan fingerprint density at radius 2 is 2.04 bits per heavy atom. The van der Waals surface area contributed by atoms with Crippen LogP contribution in [0.3, 0.4) is 0 Å². The lowest BCUT2D eigenvalue weighted by molar-refractivity contribution is -0.120. The number of fused-ring (bicyclic) bond motifs is 1. The molecule has 25 heavy (non-hydrogen) atoms. The van der Waals surface area contributed by atoms with Crippen LogP contribution >= 0.6 is 15.9 Å². The van der Waals surface area contributed by atoms with Gasteiger partial charge in [-0.15, -0.1) is 10.2 Å². The molecule has 1 heterocycles. The maximum atomic E-state index is 11.9. The fourth-order valence-electron chi connectivity index (χ4n) is 2.25. The minimum Gasteiger partial charge on any atom is -0.493 e. The van der Waals surface area contributed by atoms with Crippen LogP contribution in [0, 0.1) is 0 Å². The maximum absolute atomic E-state index is 11.9. The van der Waals surface area contributed by atoms with Crippen molar-refractivity contribution in [3.63, 3.8) is 0 Å². The zero-order chi connectivity index (χ0) is 17.8. The van der Waals surface area contributed by atoms with Crippen molar-refractivity contribution < 1.29 is 19.4 Å². The molecule has 7 nitrogen and oxygen atoms in total. The number of azo groups is 1. The number of carbonyl (C=O) groups excluding carboxylic acids is 1. The van der Waals surface area contributed by atoms with Gasteiger partial charge >= 0.3 is 5.91 Å². The third-order valence-corrected chi connectivity index (χ3v) is 3.89. The lowest BCUT2D eigenvalue weighted by atomic mass is 10.2. The van der Waals surface area contributed by atoms with E-state index in [2.05, 4.69) is 31.1 Å². The van der Waals surface area contributed by atoms with Gasteiger partial charge in [-0.1, -0.05) is 34.1 Å². The van der Waals surface area contributed by atoms with E-state index < -0.39 is 5.91 Å². The number of H-pyrrole nitrogens is 1. The first kappa shape index (κ1) is 17.0. The van der Waals surface area contributed by atoms with Crippen LogP contribution in [0.5, 0.6) is 17.4 Å². The SMILES string of the molecule is COc1cc(Br)ccc1OCC(=O)N=Nc1c(O)[nH]c2ccccc12. The minimum atomic E-state index is -0.588. The molecular formula is C17H14BrN3O4. The van der Waals surface area contributed by atoms with Crippen molar-refractivity contribution >= 4 is 38.4 Å². The number of rotatable bonds is 5. The van der Waals surface area contributed by atoms with E-state index in [1.165, 1.54) is 7.11 Å². The number of para-hydroxylation sites is 1. The number of nitrogens with one attached hydrogen (secondary N) is 1. The fourth-order valence-corrected chi connectivity index (χ4v) is 2.59. The van der Waals surface area contributed by atoms with Gasteiger partial charge in [0.1, 0.15) is 0 Å². The van der Waals surface area contributed by atoms with Gasteiger partial charge in [0.05, 0.1) is 12.6 Å². The van der Waals surface area contributed by atoms with Gasteiger partial charge in [-0.25, -0.2) is 0 Å². The highest BCUT2D eigenvalue weighted by Crippen LogP contribution is 2.35. The summed E-state index contributed by atoms with van der Waals surface area (Å²) >= 11 is 3.33. The molecule has 2 aromatic carbocycles. The van der Waals surface area contributed by atoms with Crippen molar-refractivity contribution in [3.8, 4) is 17.4 Å². The summed E-state index contributed by atoms with van der Waals surface area (Å²) in [6.45, 7) is -0.301. The predicted octanol–water partition coefficient (Wildman–Crippen LogP) is 4.33. The molecule has 0 fully saturated rings. The number of aromatic hydroxyl groups is 1. The van der Waals surface area contributed by atoms with Crippen LogP contribution in [0.2, 0.25) is 0 Å². The van der Waals surface area contributed by atoms with Crippen LogP contribution in [0.4, 0.5) is 5.69 Å². The summed E-state index contributed by atoms with van der Waals surface area (Å²) in [6.07, 6.45) is 0. The molecule has 1 aromatic heterocycles. The maximum Gasteiger partial charge on any atom is 0.302 e. The fraction of sp³-hybridized carbons (Fsp3) is 0.118. The van der Waals surface area contributed by atoms with Gasteiger partial charge in [-0.2, -0.15) is 0 Å². The number of ether oxygens (including phenoxy) is 2. The van der Waals surface area contributed by atoms with Crippen LogP contribution in [0.15, 0.2) is 57.2 Å². The van der Waals surface area contributed by atoms with Crippen LogP contribution in [-0.2, 0) is 4.79 Å². The molecule has 0 radical (unpaired) electrons. The molecule has 3 aromatic rings. The highest BCUT2D eigenvalue weighted by Gasteiger charge is 2.11. The Morgan fingerprint density at radius 1 is 1.24 bits per heavy atom. The zero-order valence-corrected chi connectivity index (χ0v) is 14.8. The van der Waals surface area contributed by atoms with Gasteiger partial charge in [0, 0.05) is 9.86 Å². The first-order valence-corrected chi connectivity index (χ1v) is 8.08. The summed E-state index contributed by atoms with van der Waals surface area (Å²) in [6, 6.07) is 12.4. The summed E-state index contributed by atoms with van der Waals surface area (Å²) in [5.41, 5.74) is 0.919. The number of carbonyl (C=O) groups is 1. The van der Waals surface area contributed by atoms with Crippen molar-refractivity contribution in [2.24, 2.45) is 10.2 Å². The first-order chi connectivity index (χ1) is 12.1. The normalized spacial score (nSPS) is 11.1. The molecule has 0 aliphatic carbocycles. The van der Waals surface area contributed by atoms with E-state index >= 15 is 0 Å². The third-order valence-electron chi connectivity index (χ3n) is 3.40. The Hall–Kier alpha value is -2.87. The Bertz CT molecular complexity index is 952. The van der Waals surface area contributed by atoms with Crippen molar-refractivity contribution in [2.75, 3.05) is 13.7 Å². The van der Waals surface area contributed by atoms with E-state index in [1.807, 2.05) is 6.07 Å². The molecule has 0 spiro atoms. The van der Waals surface area contributed by atoms with Crippen LogP contribution in [0.25, 0.3) is 10.9 Å². The van der Waals surface area contributed by atoms with Crippen LogP contribution < -0.4 is 9.47 Å². The monoisotopic (exact) mass is 403 g/mol. The van der Waals surface area contributed by atoms with Crippen molar-refractivity contribution in [1.82, 2.24) is 4.98 Å². The molecule has 0 atom stereocenters. The highest BCUT2D eigenvalue weighted by molar-refractivity contribution is 9.10. The van der Waals surface area contributed by atoms with Gasteiger partial charge in [0.15, 0.2) is 23.8 Å². The molecule has 0 bridgehead atoms. The molecule has 0 aliphatic rings. The van der Waals surface area contributed by atoms with Crippen LogP contribution in [-0.4, -0.2) is 29.7 Å². The summed E-state index contributed by atoms with van der Waals surface area (Å²) < 4.78 is 11.4.